The predicted octanol–water partition coefficient (Wildman–Crippen LogP) is 3.11. The zero-order chi connectivity index (χ0) is 12.0. The van der Waals surface area contributed by atoms with E-state index in [0.29, 0.717) is 29.6 Å². The van der Waals surface area contributed by atoms with E-state index < -0.39 is 0 Å². The van der Waals surface area contributed by atoms with E-state index in [1.807, 2.05) is 6.92 Å². The lowest BCUT2D eigenvalue weighted by Crippen LogP contribution is -1.95. The number of hydrogen-bond donors (Lipinski definition) is 0. The van der Waals surface area contributed by atoms with E-state index in [4.69, 9.17) is 9.47 Å². The van der Waals surface area contributed by atoms with Crippen molar-refractivity contribution in [3.63, 3.8) is 0 Å². The molecule has 0 N–H and O–H groups in total. The predicted molar refractivity (Wildman–Crippen MR) is 65.8 cm³/mol. The molecule has 0 atom stereocenters. The van der Waals surface area contributed by atoms with Crippen molar-refractivity contribution in [2.75, 3.05) is 6.61 Å². The van der Waals surface area contributed by atoms with Crippen molar-refractivity contribution in [3.05, 3.63) is 60.4 Å². The van der Waals surface area contributed by atoms with E-state index in [2.05, 4.69) is 24.9 Å². The molecule has 1 heterocycles. The van der Waals surface area contributed by atoms with Crippen LogP contribution in [0, 0.1) is 0 Å². The summed E-state index contributed by atoms with van der Waals surface area (Å²) in [7, 11) is 0. The van der Waals surface area contributed by atoms with E-state index in [1.165, 1.54) is 0 Å². The van der Waals surface area contributed by atoms with Gasteiger partial charge in [0, 0.05) is 0 Å². The van der Waals surface area contributed by atoms with Gasteiger partial charge >= 0.3 is 0 Å². The van der Waals surface area contributed by atoms with Crippen LogP contribution < -0.4 is 0 Å². The molecule has 0 fully saturated rings. The van der Waals surface area contributed by atoms with Crippen molar-refractivity contribution < 1.29 is 9.47 Å². The van der Waals surface area contributed by atoms with Crippen molar-refractivity contribution in [2.24, 2.45) is 4.99 Å². The Labute approximate surface area is 95.8 Å². The molecule has 0 aromatic heterocycles. The van der Waals surface area contributed by atoms with Crippen LogP contribution in [-0.2, 0) is 9.47 Å². The Kier molecular flexibility index (Phi) is 4.33. The quantitative estimate of drug-likeness (QED) is 0.535. The summed E-state index contributed by atoms with van der Waals surface area (Å²) in [5, 5.41) is 0. The summed E-state index contributed by atoms with van der Waals surface area (Å²) in [5.41, 5.74) is 0.636. The van der Waals surface area contributed by atoms with E-state index in [9.17, 15) is 0 Å². The van der Waals surface area contributed by atoms with Crippen LogP contribution in [0.25, 0.3) is 0 Å². The van der Waals surface area contributed by atoms with Gasteiger partial charge in [-0.25, -0.2) is 0 Å². The third kappa shape index (κ3) is 2.73. The Morgan fingerprint density at radius 1 is 1.31 bits per heavy atom. The van der Waals surface area contributed by atoms with E-state index in [-0.39, 0.29) is 0 Å². The lowest BCUT2D eigenvalue weighted by atomic mass is 10.3. The molecule has 0 aromatic carbocycles. The Morgan fingerprint density at radius 3 is 2.62 bits per heavy atom. The van der Waals surface area contributed by atoms with Gasteiger partial charge in [-0.05, 0) is 25.8 Å². The van der Waals surface area contributed by atoms with E-state index in [0.717, 1.165) is 0 Å². The molecule has 0 aromatic rings. The molecule has 0 aliphatic carbocycles. The first kappa shape index (κ1) is 12.0. The fourth-order valence-corrected chi connectivity index (χ4v) is 1.20. The van der Waals surface area contributed by atoms with Crippen molar-refractivity contribution in [2.45, 2.75) is 6.92 Å². The van der Waals surface area contributed by atoms with Gasteiger partial charge in [0.25, 0.3) is 0 Å². The summed E-state index contributed by atoms with van der Waals surface area (Å²) in [6.45, 7) is 12.9. The fourth-order valence-electron chi connectivity index (χ4n) is 1.20. The molecular formula is C13H15NO2. The minimum Gasteiger partial charge on any atom is -0.484 e. The molecule has 84 valence electrons. The van der Waals surface area contributed by atoms with Crippen molar-refractivity contribution in [1.29, 1.82) is 0 Å². The van der Waals surface area contributed by atoms with Crippen LogP contribution in [0.5, 0.6) is 0 Å². The lowest BCUT2D eigenvalue weighted by molar-refractivity contribution is 0.237. The van der Waals surface area contributed by atoms with Gasteiger partial charge in [-0.2, -0.15) is 0 Å². The second-order valence-electron chi connectivity index (χ2n) is 3.08. The van der Waals surface area contributed by atoms with Gasteiger partial charge in [0.2, 0.25) is 0 Å². The highest BCUT2D eigenvalue weighted by Gasteiger charge is 2.14. The van der Waals surface area contributed by atoms with Crippen LogP contribution in [-0.4, -0.2) is 13.3 Å². The Balaban J connectivity index is 2.99. The summed E-state index contributed by atoms with van der Waals surface area (Å²) in [5.74, 6) is 1.89. The maximum Gasteiger partial charge on any atom is 0.157 e. The number of nitrogens with zero attached hydrogens (tertiary/aromatic N) is 1. The Morgan fingerprint density at radius 2 is 2.06 bits per heavy atom. The lowest BCUT2D eigenvalue weighted by Gasteiger charge is -2.05. The molecule has 3 nitrogen and oxygen atoms in total. The third-order valence-corrected chi connectivity index (χ3v) is 2.02. The fraction of sp³-hybridized carbons (Fsp3) is 0.154. The minimum absolute atomic E-state index is 0.318. The van der Waals surface area contributed by atoms with E-state index >= 15 is 0 Å². The number of aliphatic imine (C=N–C) groups is 1. The average molecular weight is 217 g/mol. The van der Waals surface area contributed by atoms with Crippen molar-refractivity contribution in [3.8, 4) is 0 Å². The van der Waals surface area contributed by atoms with Crippen molar-refractivity contribution >= 4 is 6.72 Å². The van der Waals surface area contributed by atoms with Gasteiger partial charge in [-0.15, -0.1) is 0 Å². The van der Waals surface area contributed by atoms with Crippen LogP contribution in [0.1, 0.15) is 6.92 Å². The highest BCUT2D eigenvalue weighted by Crippen LogP contribution is 2.22. The molecule has 0 radical (unpaired) electrons. The molecule has 1 aliphatic heterocycles. The largest absolute Gasteiger partial charge is 0.484 e. The number of rotatable bonds is 4. The Hall–Kier alpha value is -2.03. The van der Waals surface area contributed by atoms with Gasteiger partial charge in [0.05, 0.1) is 0 Å². The van der Waals surface area contributed by atoms with Gasteiger partial charge in [-0.1, -0.05) is 25.3 Å². The van der Waals surface area contributed by atoms with E-state index in [1.54, 1.807) is 24.3 Å². The molecule has 0 amide bonds. The third-order valence-electron chi connectivity index (χ3n) is 2.02. The topological polar surface area (TPSA) is 30.8 Å². The molecular weight excluding hydrogens is 202 g/mol. The monoisotopic (exact) mass is 217 g/mol. The molecule has 0 unspecified atom stereocenters. The van der Waals surface area contributed by atoms with Crippen LogP contribution in [0.15, 0.2) is 65.4 Å². The number of hydrogen-bond acceptors (Lipinski definition) is 3. The first-order valence-corrected chi connectivity index (χ1v) is 4.85. The zero-order valence-corrected chi connectivity index (χ0v) is 9.40. The first-order valence-electron chi connectivity index (χ1n) is 4.85. The molecule has 0 saturated heterocycles. The summed E-state index contributed by atoms with van der Waals surface area (Å²) in [4.78, 5) is 3.85. The maximum absolute atomic E-state index is 5.57. The average Bonchev–Trinajstić information content (AvgIpc) is 2.45. The standard InChI is InChI=1S/C13H15NO2/c1-5-7-8-13-10(3)16-12(6-2)11(14-4)9-15-13/h5-8H,1-2,4,9H2,3H3/b8-7-. The smallest absolute Gasteiger partial charge is 0.157 e. The maximum atomic E-state index is 5.57. The van der Waals surface area contributed by atoms with Gasteiger partial charge < -0.3 is 9.47 Å². The van der Waals surface area contributed by atoms with Crippen LogP contribution in [0.2, 0.25) is 0 Å². The molecule has 0 bridgehead atoms. The molecule has 0 spiro atoms. The molecule has 16 heavy (non-hydrogen) atoms. The Bertz CT molecular complexity index is 400. The highest BCUT2D eigenvalue weighted by molar-refractivity contribution is 5.34. The normalized spacial score (nSPS) is 16.6. The van der Waals surface area contributed by atoms with Gasteiger partial charge in [0.15, 0.2) is 11.5 Å². The molecule has 0 saturated carbocycles. The van der Waals surface area contributed by atoms with Gasteiger partial charge in [-0.3, -0.25) is 4.99 Å². The molecule has 1 rings (SSSR count). The SMILES string of the molecule is C=C/C=C\C1=C(C)OC(C=C)=C(N=C)CO1. The molecule has 1 aliphatic rings. The molecule has 3 heteroatoms. The summed E-state index contributed by atoms with van der Waals surface area (Å²) >= 11 is 0. The van der Waals surface area contributed by atoms with Crippen LogP contribution >= 0.6 is 0 Å². The second kappa shape index (κ2) is 5.75. The summed E-state index contributed by atoms with van der Waals surface area (Å²) in [6.07, 6.45) is 6.83. The number of allylic oxidation sites excluding steroid dienone is 5. The van der Waals surface area contributed by atoms with Crippen LogP contribution in [0.3, 0.4) is 0 Å². The second-order valence-corrected chi connectivity index (χ2v) is 3.08. The van der Waals surface area contributed by atoms with Crippen LogP contribution in [0.4, 0.5) is 0 Å². The number of ether oxygens (including phenoxy) is 2. The minimum atomic E-state index is 0.318. The first-order chi connectivity index (χ1) is 7.72. The summed E-state index contributed by atoms with van der Waals surface area (Å²) < 4.78 is 11.1. The van der Waals surface area contributed by atoms with Crippen molar-refractivity contribution in [1.82, 2.24) is 0 Å². The summed E-state index contributed by atoms with van der Waals surface area (Å²) in [6, 6.07) is 0. The highest BCUT2D eigenvalue weighted by atomic mass is 16.5. The van der Waals surface area contributed by atoms with Gasteiger partial charge in [0.1, 0.15) is 18.1 Å². The zero-order valence-electron chi connectivity index (χ0n) is 9.40.